The second-order valence-corrected chi connectivity index (χ2v) is 20.9. The summed E-state index contributed by atoms with van der Waals surface area (Å²) >= 11 is 0. The van der Waals surface area contributed by atoms with E-state index in [9.17, 15) is 9.18 Å². The van der Waals surface area contributed by atoms with Crippen molar-refractivity contribution < 1.29 is 27.8 Å². The Kier molecular flexibility index (Phi) is 17.7. The molecule has 8 atom stereocenters. The molecule has 0 spiro atoms. The minimum Gasteiger partial charge on any atom is -0.494 e. The fourth-order valence-electron chi connectivity index (χ4n) is 12.8. The predicted octanol–water partition coefficient (Wildman–Crippen LogP) is 16.0. The molecule has 0 aliphatic heterocycles. The van der Waals surface area contributed by atoms with Crippen molar-refractivity contribution in [2.45, 2.75) is 195 Å². The summed E-state index contributed by atoms with van der Waals surface area (Å²) in [5.41, 5.74) is 3.13. The van der Waals surface area contributed by atoms with Gasteiger partial charge in [0.05, 0.1) is 13.2 Å². The quantitative estimate of drug-likeness (QED) is 0.0600. The number of ether oxygens (including phenoxy) is 3. The minimum absolute atomic E-state index is 0.00635. The second kappa shape index (κ2) is 22.6. The van der Waals surface area contributed by atoms with Crippen LogP contribution in [0.3, 0.4) is 0 Å². The van der Waals surface area contributed by atoms with Crippen LogP contribution in [-0.4, -0.2) is 25.3 Å². The molecule has 61 heavy (non-hydrogen) atoms. The van der Waals surface area contributed by atoms with E-state index >= 15 is 4.39 Å². The predicted molar refractivity (Wildman–Crippen MR) is 247 cm³/mol. The first-order chi connectivity index (χ1) is 29.4. The van der Waals surface area contributed by atoms with Gasteiger partial charge in [0.15, 0.2) is 11.6 Å². The van der Waals surface area contributed by atoms with Crippen molar-refractivity contribution in [3.63, 3.8) is 0 Å². The van der Waals surface area contributed by atoms with Crippen LogP contribution in [0.15, 0.2) is 48.0 Å². The molecule has 0 bridgehead atoms. The summed E-state index contributed by atoms with van der Waals surface area (Å²) in [6, 6.07) is 10.2. The van der Waals surface area contributed by atoms with Crippen LogP contribution >= 0.6 is 0 Å². The van der Waals surface area contributed by atoms with Crippen molar-refractivity contribution >= 4 is 5.97 Å². The minimum atomic E-state index is -0.941. The molecule has 4 nitrogen and oxygen atoms in total. The van der Waals surface area contributed by atoms with E-state index in [1.165, 1.54) is 89.5 Å². The van der Waals surface area contributed by atoms with Gasteiger partial charge in [-0.15, -0.1) is 0 Å². The summed E-state index contributed by atoms with van der Waals surface area (Å²) in [7, 11) is 0. The molecule has 0 heterocycles. The molecule has 0 aromatic heterocycles. The van der Waals surface area contributed by atoms with Crippen molar-refractivity contribution in [1.82, 2.24) is 0 Å². The molecule has 6 rings (SSSR count). The monoisotopic (exact) mass is 845 g/mol. The van der Waals surface area contributed by atoms with E-state index in [-0.39, 0.29) is 28.8 Å². The molecule has 0 saturated heterocycles. The van der Waals surface area contributed by atoms with Crippen molar-refractivity contribution in [1.29, 1.82) is 0 Å². The molecule has 0 N–H and O–H groups in total. The molecular weight excluding hydrogens is 763 g/mol. The van der Waals surface area contributed by atoms with E-state index < -0.39 is 11.6 Å². The van der Waals surface area contributed by atoms with Gasteiger partial charge in [0, 0.05) is 18.4 Å². The van der Waals surface area contributed by atoms with Crippen molar-refractivity contribution in [2.24, 2.45) is 46.3 Å². The van der Waals surface area contributed by atoms with E-state index in [1.807, 2.05) is 0 Å². The standard InChI is InChI=1S/C55H82F2O4/c1-7-8-9-10-11-12-13-16-37-60-50-31-28-45(52(56)53(50)57)41-22-25-43(26-23-41)59-36-17-14-15-21-51(58)61-44-32-34-54(5)42(38-44)24-27-46-48-30-29-47(40(4)20-18-19-39(2)3)55(48,6)35-33-49(46)54/h22-26,28,31,39-40,44,46-49H,7-21,27,29-30,32-38H2,1-6H3/t40-,44+,46+,47-,48+,49+,54+,55-/m1/s1. The molecule has 3 saturated carbocycles. The number of rotatable bonds is 24. The van der Waals surface area contributed by atoms with Crippen LogP contribution in [0.2, 0.25) is 0 Å². The number of fused-ring (bicyclic) bond motifs is 5. The maximum absolute atomic E-state index is 15.1. The van der Waals surface area contributed by atoms with Gasteiger partial charge in [0.25, 0.3) is 0 Å². The maximum Gasteiger partial charge on any atom is 0.306 e. The number of halogens is 2. The number of hydrogen-bond donors (Lipinski definition) is 0. The molecule has 2 aromatic carbocycles. The number of carbonyl (C=O) groups is 1. The van der Waals surface area contributed by atoms with Crippen LogP contribution in [0.5, 0.6) is 11.5 Å². The van der Waals surface area contributed by atoms with Crippen LogP contribution < -0.4 is 9.47 Å². The highest BCUT2D eigenvalue weighted by atomic mass is 19.2. The number of allylic oxidation sites excluding steroid dienone is 1. The average molecular weight is 845 g/mol. The smallest absolute Gasteiger partial charge is 0.306 e. The highest BCUT2D eigenvalue weighted by Gasteiger charge is 2.59. The summed E-state index contributed by atoms with van der Waals surface area (Å²) in [5, 5.41) is 0. The third kappa shape index (κ3) is 12.0. The Labute approximate surface area is 369 Å². The third-order valence-corrected chi connectivity index (χ3v) is 16.3. The zero-order chi connectivity index (χ0) is 43.4. The molecule has 340 valence electrons. The van der Waals surface area contributed by atoms with Gasteiger partial charge in [0.1, 0.15) is 11.9 Å². The van der Waals surface area contributed by atoms with Crippen LogP contribution in [0, 0.1) is 58.0 Å². The summed E-state index contributed by atoms with van der Waals surface area (Å²) < 4.78 is 47.6. The third-order valence-electron chi connectivity index (χ3n) is 16.3. The number of hydrogen-bond acceptors (Lipinski definition) is 4. The second-order valence-electron chi connectivity index (χ2n) is 20.9. The lowest BCUT2D eigenvalue weighted by atomic mass is 9.47. The number of esters is 1. The number of carbonyl (C=O) groups excluding carboxylic acids is 1. The van der Waals surface area contributed by atoms with Gasteiger partial charge >= 0.3 is 5.97 Å². The molecule has 4 aliphatic rings. The Balaban J connectivity index is 0.865. The van der Waals surface area contributed by atoms with Crippen LogP contribution in [0.25, 0.3) is 11.1 Å². The normalized spacial score (nSPS) is 27.5. The fourth-order valence-corrected chi connectivity index (χ4v) is 12.8. The molecular formula is C55H82F2O4. The van der Waals surface area contributed by atoms with Gasteiger partial charge in [-0.2, -0.15) is 4.39 Å². The van der Waals surface area contributed by atoms with Crippen LogP contribution in [0.4, 0.5) is 8.78 Å². The molecule has 4 aliphatic carbocycles. The Morgan fingerprint density at radius 1 is 0.738 bits per heavy atom. The SMILES string of the molecule is CCCCCCCCCCOc1ccc(-c2ccc(OCCCCCC(=O)O[C@H]3CC[C@@]4(C)C(=CC[C@H]5[C@@H]6CC[C@H]([C@H](C)CCCC(C)C)[C@@]6(C)CC[C@@H]54)C3)cc2)c(F)c1F. The first-order valence-electron chi connectivity index (χ1n) is 25.2. The highest BCUT2D eigenvalue weighted by Crippen LogP contribution is 2.67. The van der Waals surface area contributed by atoms with Crippen molar-refractivity contribution in [3.8, 4) is 22.6 Å². The largest absolute Gasteiger partial charge is 0.494 e. The Morgan fingerprint density at radius 2 is 1.44 bits per heavy atom. The molecule has 0 unspecified atom stereocenters. The van der Waals surface area contributed by atoms with E-state index in [0.717, 1.165) is 93.3 Å². The number of benzene rings is 2. The lowest BCUT2D eigenvalue weighted by molar-refractivity contribution is -0.151. The fraction of sp³-hybridized carbons (Fsp3) is 0.727. The molecule has 0 radical (unpaired) electrons. The highest BCUT2D eigenvalue weighted by molar-refractivity contribution is 5.69. The van der Waals surface area contributed by atoms with Crippen LogP contribution in [-0.2, 0) is 9.53 Å². The van der Waals surface area contributed by atoms with E-state index in [1.54, 1.807) is 35.9 Å². The van der Waals surface area contributed by atoms with Crippen LogP contribution in [0.1, 0.15) is 189 Å². The Bertz CT molecular complexity index is 1700. The zero-order valence-electron chi connectivity index (χ0n) is 39.1. The van der Waals surface area contributed by atoms with Gasteiger partial charge in [-0.25, -0.2) is 4.39 Å². The van der Waals surface area contributed by atoms with Gasteiger partial charge in [0.2, 0.25) is 5.82 Å². The van der Waals surface area contributed by atoms with E-state index in [4.69, 9.17) is 14.2 Å². The summed E-state index contributed by atoms with van der Waals surface area (Å²) in [6.07, 6.45) is 28.9. The first kappa shape index (κ1) is 47.6. The molecule has 3 fully saturated rings. The lowest BCUT2D eigenvalue weighted by Gasteiger charge is -2.58. The topological polar surface area (TPSA) is 44.8 Å². The van der Waals surface area contributed by atoms with Gasteiger partial charge in [-0.1, -0.05) is 130 Å². The zero-order valence-corrected chi connectivity index (χ0v) is 39.1. The summed E-state index contributed by atoms with van der Waals surface area (Å²) in [5.74, 6) is 3.73. The van der Waals surface area contributed by atoms with Gasteiger partial charge < -0.3 is 14.2 Å². The average Bonchev–Trinajstić information content (AvgIpc) is 3.60. The van der Waals surface area contributed by atoms with Gasteiger partial charge in [-0.3, -0.25) is 4.79 Å². The van der Waals surface area contributed by atoms with Crippen molar-refractivity contribution in [3.05, 3.63) is 59.7 Å². The lowest BCUT2D eigenvalue weighted by Crippen LogP contribution is -2.51. The maximum atomic E-state index is 15.1. The van der Waals surface area contributed by atoms with Gasteiger partial charge in [-0.05, 0) is 147 Å². The van der Waals surface area contributed by atoms with E-state index in [0.29, 0.717) is 36.4 Å². The van der Waals surface area contributed by atoms with Crippen molar-refractivity contribution in [2.75, 3.05) is 13.2 Å². The first-order valence-corrected chi connectivity index (χ1v) is 25.2. The summed E-state index contributed by atoms with van der Waals surface area (Å²) in [4.78, 5) is 13.0. The summed E-state index contributed by atoms with van der Waals surface area (Å²) in [6.45, 7) is 15.7. The Hall–Kier alpha value is -2.89. The van der Waals surface area contributed by atoms with E-state index in [2.05, 4.69) is 47.6 Å². The number of unbranched alkanes of at least 4 members (excludes halogenated alkanes) is 9. The Morgan fingerprint density at radius 3 is 2.18 bits per heavy atom. The molecule has 0 amide bonds. The molecule has 2 aromatic rings. The molecule has 6 heteroatoms.